The van der Waals surface area contributed by atoms with Crippen molar-refractivity contribution in [2.24, 2.45) is 0 Å². The summed E-state index contributed by atoms with van der Waals surface area (Å²) < 4.78 is 15.5. The Morgan fingerprint density at radius 3 is 2.43 bits per heavy atom. The van der Waals surface area contributed by atoms with E-state index in [0.29, 0.717) is 28.4 Å². The summed E-state index contributed by atoms with van der Waals surface area (Å²) in [6.45, 7) is 1.86. The molecule has 0 radical (unpaired) electrons. The standard InChI is InChI=1S/C21H20N2O5/c1-13-6-7-14(22-21(25)18-5-4-10-28-18)11-17(13)23-20(24)16-9-8-15(26-2)12-19(16)27-3/h4-12H,1-3H3,(H,22,25)(H,23,24). The van der Waals surface area contributed by atoms with E-state index in [-0.39, 0.29) is 17.6 Å². The van der Waals surface area contributed by atoms with Gasteiger partial charge in [-0.1, -0.05) is 6.07 Å². The van der Waals surface area contributed by atoms with Gasteiger partial charge in [-0.25, -0.2) is 0 Å². The number of rotatable bonds is 6. The van der Waals surface area contributed by atoms with Crippen molar-refractivity contribution in [1.29, 1.82) is 0 Å². The maximum atomic E-state index is 12.7. The van der Waals surface area contributed by atoms with E-state index in [1.54, 1.807) is 55.6 Å². The summed E-state index contributed by atoms with van der Waals surface area (Å²) >= 11 is 0. The Labute approximate surface area is 162 Å². The average molecular weight is 380 g/mol. The van der Waals surface area contributed by atoms with Crippen molar-refractivity contribution in [2.75, 3.05) is 24.9 Å². The van der Waals surface area contributed by atoms with Crippen molar-refractivity contribution in [2.45, 2.75) is 6.92 Å². The summed E-state index contributed by atoms with van der Waals surface area (Å²) in [6, 6.07) is 13.4. The summed E-state index contributed by atoms with van der Waals surface area (Å²) in [5.74, 6) is 0.484. The smallest absolute Gasteiger partial charge is 0.291 e. The Balaban J connectivity index is 1.80. The van der Waals surface area contributed by atoms with Gasteiger partial charge in [-0.15, -0.1) is 0 Å². The van der Waals surface area contributed by atoms with Gasteiger partial charge in [0.05, 0.1) is 26.0 Å². The Morgan fingerprint density at radius 2 is 1.75 bits per heavy atom. The van der Waals surface area contributed by atoms with Crippen molar-refractivity contribution in [1.82, 2.24) is 0 Å². The quantitative estimate of drug-likeness (QED) is 0.672. The fourth-order valence-corrected chi connectivity index (χ4v) is 2.61. The predicted octanol–water partition coefficient (Wildman–Crippen LogP) is 4.11. The first-order valence-corrected chi connectivity index (χ1v) is 8.50. The summed E-state index contributed by atoms with van der Waals surface area (Å²) in [5, 5.41) is 5.59. The molecular formula is C21H20N2O5. The van der Waals surface area contributed by atoms with Crippen molar-refractivity contribution >= 4 is 23.2 Å². The largest absolute Gasteiger partial charge is 0.497 e. The van der Waals surface area contributed by atoms with Crippen LogP contribution in [0, 0.1) is 6.92 Å². The summed E-state index contributed by atoms with van der Waals surface area (Å²) in [6.07, 6.45) is 1.43. The van der Waals surface area contributed by atoms with Gasteiger partial charge in [-0.2, -0.15) is 0 Å². The van der Waals surface area contributed by atoms with Gasteiger partial charge in [-0.3, -0.25) is 9.59 Å². The van der Waals surface area contributed by atoms with Gasteiger partial charge >= 0.3 is 0 Å². The Hall–Kier alpha value is -3.74. The maximum Gasteiger partial charge on any atom is 0.291 e. The summed E-state index contributed by atoms with van der Waals surface area (Å²) in [4.78, 5) is 24.9. The molecule has 0 aliphatic rings. The van der Waals surface area contributed by atoms with E-state index >= 15 is 0 Å². The molecule has 2 amide bonds. The Bertz CT molecular complexity index is 996. The van der Waals surface area contributed by atoms with Gasteiger partial charge < -0.3 is 24.5 Å². The first-order chi connectivity index (χ1) is 13.5. The third-order valence-corrected chi connectivity index (χ3v) is 4.14. The molecule has 0 aliphatic heterocycles. The molecule has 3 aromatic rings. The van der Waals surface area contributed by atoms with Crippen LogP contribution in [-0.4, -0.2) is 26.0 Å². The van der Waals surface area contributed by atoms with Gasteiger partial charge in [0.15, 0.2) is 5.76 Å². The zero-order valence-electron chi connectivity index (χ0n) is 15.7. The molecule has 7 heteroatoms. The normalized spacial score (nSPS) is 10.2. The number of carbonyl (C=O) groups is 2. The number of benzene rings is 2. The van der Waals surface area contributed by atoms with Crippen LogP contribution in [0.2, 0.25) is 0 Å². The molecular weight excluding hydrogens is 360 g/mol. The van der Waals surface area contributed by atoms with Crippen molar-refractivity contribution in [3.63, 3.8) is 0 Å². The number of aryl methyl sites for hydroxylation is 1. The lowest BCUT2D eigenvalue weighted by Gasteiger charge is -2.13. The molecule has 28 heavy (non-hydrogen) atoms. The highest BCUT2D eigenvalue weighted by Crippen LogP contribution is 2.27. The van der Waals surface area contributed by atoms with Crippen molar-refractivity contribution in [3.8, 4) is 11.5 Å². The second kappa shape index (κ2) is 8.30. The highest BCUT2D eigenvalue weighted by atomic mass is 16.5. The van der Waals surface area contributed by atoms with Gasteiger partial charge in [-0.05, 0) is 48.9 Å². The number of ether oxygens (including phenoxy) is 2. The van der Waals surface area contributed by atoms with Crippen LogP contribution in [0.5, 0.6) is 11.5 Å². The highest BCUT2D eigenvalue weighted by Gasteiger charge is 2.15. The topological polar surface area (TPSA) is 89.8 Å². The molecule has 2 N–H and O–H groups in total. The number of amides is 2. The molecule has 1 heterocycles. The fourth-order valence-electron chi connectivity index (χ4n) is 2.61. The van der Waals surface area contributed by atoms with Crippen molar-refractivity contribution < 1.29 is 23.5 Å². The summed E-state index contributed by atoms with van der Waals surface area (Å²) in [7, 11) is 3.03. The van der Waals surface area contributed by atoms with Crippen LogP contribution in [0.25, 0.3) is 0 Å². The van der Waals surface area contributed by atoms with Gasteiger partial charge in [0.2, 0.25) is 0 Å². The Morgan fingerprint density at radius 1 is 0.929 bits per heavy atom. The minimum atomic E-state index is -0.372. The molecule has 0 aliphatic carbocycles. The van der Waals surface area contributed by atoms with Gasteiger partial charge in [0, 0.05) is 17.4 Å². The number of furan rings is 1. The van der Waals surface area contributed by atoms with E-state index in [0.717, 1.165) is 5.56 Å². The average Bonchev–Trinajstić information content (AvgIpc) is 3.25. The van der Waals surface area contributed by atoms with E-state index < -0.39 is 0 Å². The summed E-state index contributed by atoms with van der Waals surface area (Å²) in [5.41, 5.74) is 2.31. The van der Waals surface area contributed by atoms with Crippen LogP contribution >= 0.6 is 0 Å². The third-order valence-electron chi connectivity index (χ3n) is 4.14. The lowest BCUT2D eigenvalue weighted by Crippen LogP contribution is -2.15. The fraction of sp³-hybridized carbons (Fsp3) is 0.143. The van der Waals surface area contributed by atoms with E-state index in [9.17, 15) is 9.59 Å². The van der Waals surface area contributed by atoms with Gasteiger partial charge in [0.1, 0.15) is 11.5 Å². The molecule has 7 nitrogen and oxygen atoms in total. The molecule has 144 valence electrons. The number of hydrogen-bond donors (Lipinski definition) is 2. The maximum absolute atomic E-state index is 12.7. The highest BCUT2D eigenvalue weighted by molar-refractivity contribution is 6.07. The number of methoxy groups -OCH3 is 2. The minimum Gasteiger partial charge on any atom is -0.497 e. The van der Waals surface area contributed by atoms with Crippen LogP contribution in [0.15, 0.2) is 59.2 Å². The predicted molar refractivity (Wildman–Crippen MR) is 105 cm³/mol. The Kier molecular flexibility index (Phi) is 5.64. The second-order valence-corrected chi connectivity index (χ2v) is 5.98. The van der Waals surface area contributed by atoms with Crippen LogP contribution < -0.4 is 20.1 Å². The zero-order valence-corrected chi connectivity index (χ0v) is 15.7. The molecule has 0 fully saturated rings. The van der Waals surface area contributed by atoms with Crippen LogP contribution in [0.1, 0.15) is 26.5 Å². The van der Waals surface area contributed by atoms with Crippen LogP contribution in [0.3, 0.4) is 0 Å². The number of hydrogen-bond acceptors (Lipinski definition) is 5. The number of anilines is 2. The monoisotopic (exact) mass is 380 g/mol. The molecule has 0 saturated carbocycles. The van der Waals surface area contributed by atoms with Gasteiger partial charge in [0.25, 0.3) is 11.8 Å². The zero-order chi connectivity index (χ0) is 20.1. The van der Waals surface area contributed by atoms with Crippen molar-refractivity contribution in [3.05, 3.63) is 71.7 Å². The molecule has 0 atom stereocenters. The SMILES string of the molecule is COc1ccc(C(=O)Nc2cc(NC(=O)c3ccco3)ccc2C)c(OC)c1. The molecule has 2 aromatic carbocycles. The number of carbonyl (C=O) groups excluding carboxylic acids is 2. The lowest BCUT2D eigenvalue weighted by molar-refractivity contribution is 0.0994. The second-order valence-electron chi connectivity index (χ2n) is 5.98. The van der Waals surface area contributed by atoms with E-state index in [4.69, 9.17) is 13.9 Å². The van der Waals surface area contributed by atoms with Crippen LogP contribution in [0.4, 0.5) is 11.4 Å². The van der Waals surface area contributed by atoms with E-state index in [1.807, 2.05) is 6.92 Å². The van der Waals surface area contributed by atoms with Crippen LogP contribution in [-0.2, 0) is 0 Å². The number of nitrogens with one attached hydrogen (secondary N) is 2. The minimum absolute atomic E-state index is 0.203. The molecule has 3 rings (SSSR count). The lowest BCUT2D eigenvalue weighted by atomic mass is 10.1. The molecule has 0 saturated heterocycles. The molecule has 0 spiro atoms. The molecule has 0 bridgehead atoms. The first kappa shape index (κ1) is 19.0. The van der Waals surface area contributed by atoms with E-state index in [1.165, 1.54) is 13.4 Å². The van der Waals surface area contributed by atoms with E-state index in [2.05, 4.69) is 10.6 Å². The molecule has 0 unspecified atom stereocenters. The first-order valence-electron chi connectivity index (χ1n) is 8.50. The molecule has 1 aromatic heterocycles. The third kappa shape index (κ3) is 4.15.